The molecule has 1 aromatic heterocycles. The smallest absolute Gasteiger partial charge is 0.328 e. The predicted octanol–water partition coefficient (Wildman–Crippen LogP) is 0.800. The maximum absolute atomic E-state index is 12.3. The summed E-state index contributed by atoms with van der Waals surface area (Å²) in [5, 5.41) is 9.98. The van der Waals surface area contributed by atoms with Gasteiger partial charge in [0, 0.05) is 29.4 Å². The number of hydrogen-bond acceptors (Lipinski definition) is 6. The molecule has 0 saturated heterocycles. The van der Waals surface area contributed by atoms with Gasteiger partial charge in [0.05, 0.1) is 5.56 Å². The molecule has 0 amide bonds. The molecule has 0 radical (unpaired) electrons. The first kappa shape index (κ1) is 17.7. The monoisotopic (exact) mass is 379 g/mol. The van der Waals surface area contributed by atoms with Crippen LogP contribution in [0.3, 0.4) is 0 Å². The Morgan fingerprint density at radius 2 is 1.68 bits per heavy atom. The molecule has 8 nitrogen and oxygen atoms in total. The van der Waals surface area contributed by atoms with Gasteiger partial charge in [-0.2, -0.15) is 0 Å². The van der Waals surface area contributed by atoms with Crippen molar-refractivity contribution in [1.29, 1.82) is 0 Å². The van der Waals surface area contributed by atoms with Crippen molar-refractivity contribution in [2.24, 2.45) is 0 Å². The normalized spacial score (nSPS) is 16.7. The second kappa shape index (κ2) is 5.66. The molecule has 1 aliphatic rings. The molecule has 2 heterocycles. The molecule has 142 valence electrons. The predicted molar refractivity (Wildman–Crippen MR) is 106 cm³/mol. The highest BCUT2D eigenvalue weighted by Crippen LogP contribution is 2.47. The zero-order valence-electron chi connectivity index (χ0n) is 15.4. The Morgan fingerprint density at radius 1 is 1.00 bits per heavy atom. The summed E-state index contributed by atoms with van der Waals surface area (Å²) in [4.78, 5) is 53.8. The fourth-order valence-corrected chi connectivity index (χ4v) is 3.90. The van der Waals surface area contributed by atoms with E-state index in [-0.39, 0.29) is 11.1 Å². The van der Waals surface area contributed by atoms with E-state index in [1.165, 1.54) is 0 Å². The Bertz CT molecular complexity index is 1350. The lowest BCUT2D eigenvalue weighted by atomic mass is 9.82. The van der Waals surface area contributed by atoms with E-state index >= 15 is 0 Å². The van der Waals surface area contributed by atoms with E-state index in [1.54, 1.807) is 6.08 Å². The van der Waals surface area contributed by atoms with Crippen molar-refractivity contribution >= 4 is 11.8 Å². The minimum Gasteiger partial charge on any atom is -0.494 e. The van der Waals surface area contributed by atoms with E-state index in [0.29, 0.717) is 0 Å². The van der Waals surface area contributed by atoms with Gasteiger partial charge in [-0.1, -0.05) is 32.0 Å². The van der Waals surface area contributed by atoms with E-state index in [4.69, 9.17) is 0 Å². The van der Waals surface area contributed by atoms with Crippen LogP contribution in [0.15, 0.2) is 49.1 Å². The highest BCUT2D eigenvalue weighted by atomic mass is 16.3. The van der Waals surface area contributed by atoms with Crippen molar-refractivity contribution in [3.05, 3.63) is 82.4 Å². The fourth-order valence-electron chi connectivity index (χ4n) is 3.90. The maximum Gasteiger partial charge on any atom is 0.328 e. The summed E-state index contributed by atoms with van der Waals surface area (Å²) in [6.07, 6.45) is 1.57. The van der Waals surface area contributed by atoms with E-state index in [1.807, 2.05) is 60.0 Å². The number of anilines is 1. The van der Waals surface area contributed by atoms with E-state index < -0.39 is 39.0 Å². The molecule has 0 aliphatic carbocycles. The van der Waals surface area contributed by atoms with Crippen LogP contribution < -0.4 is 27.0 Å². The summed E-state index contributed by atoms with van der Waals surface area (Å²) in [5.41, 5.74) is -1.68. The Morgan fingerprint density at radius 3 is 2.32 bits per heavy atom. The number of nitrogens with zero attached hydrogens (tertiary/aromatic N) is 1. The van der Waals surface area contributed by atoms with Crippen LogP contribution >= 0.6 is 0 Å². The number of likely N-dealkylation sites (N-methyl/N-ethyl adjacent to an activating group) is 1. The summed E-state index contributed by atoms with van der Waals surface area (Å²) < 4.78 is 0. The van der Waals surface area contributed by atoms with Crippen molar-refractivity contribution in [3.63, 3.8) is 0 Å². The molecule has 0 atom stereocenters. The molecule has 8 heteroatoms. The maximum atomic E-state index is 12.3. The first-order chi connectivity index (χ1) is 13.1. The third-order valence-corrected chi connectivity index (χ3v) is 5.34. The van der Waals surface area contributed by atoms with Crippen molar-refractivity contribution in [2.45, 2.75) is 19.3 Å². The number of allylic oxidation sites excluding steroid dienone is 1. The molecule has 0 saturated carbocycles. The topological polar surface area (TPSA) is 123 Å². The summed E-state index contributed by atoms with van der Waals surface area (Å²) in [7, 11) is 1.86. The van der Waals surface area contributed by atoms with Gasteiger partial charge in [0.2, 0.25) is 16.7 Å². The van der Waals surface area contributed by atoms with Gasteiger partial charge in [-0.3, -0.25) is 24.4 Å². The number of para-hydroxylation sites is 1. The number of hydrogen-bond donors (Lipinski definition) is 3. The summed E-state index contributed by atoms with van der Waals surface area (Å²) in [5.74, 6) is -0.747. The summed E-state index contributed by atoms with van der Waals surface area (Å²) >= 11 is 0. The van der Waals surface area contributed by atoms with E-state index in [0.717, 1.165) is 16.9 Å². The minimum absolute atomic E-state index is 0.0283. The van der Waals surface area contributed by atoms with Gasteiger partial charge in [-0.25, -0.2) is 4.79 Å². The third kappa shape index (κ3) is 2.24. The average molecular weight is 379 g/mol. The van der Waals surface area contributed by atoms with Crippen LogP contribution in [0.1, 0.15) is 25.0 Å². The number of rotatable bonds is 2. The Hall–Kier alpha value is -3.68. The molecule has 0 unspecified atom stereocenters. The van der Waals surface area contributed by atoms with Crippen LogP contribution in [-0.2, 0) is 5.41 Å². The molecule has 0 bridgehead atoms. The average Bonchev–Trinajstić information content (AvgIpc) is 2.83. The molecule has 0 spiro atoms. The number of benzene rings is 1. The van der Waals surface area contributed by atoms with Crippen molar-refractivity contribution in [3.8, 4) is 17.0 Å². The minimum atomic E-state index is -0.935. The van der Waals surface area contributed by atoms with Crippen LogP contribution in [0.4, 0.5) is 5.69 Å². The SMILES string of the molecule is CN1C(=Cc2c(-c3c(O)[nH]c(=O)[nH]c3=O)c(=O)c2=O)C(C)(C)c2ccccc21. The molecule has 1 aliphatic heterocycles. The van der Waals surface area contributed by atoms with Crippen LogP contribution in [0, 0.1) is 0 Å². The van der Waals surface area contributed by atoms with Gasteiger partial charge in [0.1, 0.15) is 5.56 Å². The Balaban J connectivity index is 1.95. The van der Waals surface area contributed by atoms with Gasteiger partial charge in [0.15, 0.2) is 0 Å². The van der Waals surface area contributed by atoms with Crippen LogP contribution in [0.5, 0.6) is 5.88 Å². The van der Waals surface area contributed by atoms with Gasteiger partial charge in [0.25, 0.3) is 5.56 Å². The van der Waals surface area contributed by atoms with Gasteiger partial charge >= 0.3 is 5.69 Å². The molecule has 4 rings (SSSR count). The molecule has 2 aromatic carbocycles. The second-order valence-corrected chi connectivity index (χ2v) is 7.31. The van der Waals surface area contributed by atoms with Crippen molar-refractivity contribution in [2.75, 3.05) is 11.9 Å². The standard InChI is InChI=1S/C20H17N3O5/c1-20(2)10-6-4-5-7-11(10)23(3)12(20)8-9-13(16(25)15(9)24)14-17(26)21-19(28)22-18(14)27/h4-8H,1-3H3,(H3,21,22,26,27,28). The first-order valence-electron chi connectivity index (χ1n) is 8.59. The van der Waals surface area contributed by atoms with E-state index in [2.05, 4.69) is 0 Å². The summed E-state index contributed by atoms with van der Waals surface area (Å²) in [6.45, 7) is 3.99. The zero-order chi connectivity index (χ0) is 20.4. The van der Waals surface area contributed by atoms with Crippen LogP contribution in [0.25, 0.3) is 17.2 Å². The van der Waals surface area contributed by atoms with Crippen LogP contribution in [0.2, 0.25) is 0 Å². The number of H-pyrrole nitrogens is 2. The lowest BCUT2D eigenvalue weighted by molar-refractivity contribution is 0.451. The number of nitrogens with one attached hydrogen (secondary N) is 2. The molecular formula is C20H17N3O5. The number of aromatic nitrogens is 2. The molecule has 0 fully saturated rings. The summed E-state index contributed by atoms with van der Waals surface area (Å²) in [6, 6.07) is 7.79. The van der Waals surface area contributed by atoms with Gasteiger partial charge in [-0.15, -0.1) is 0 Å². The lowest BCUT2D eigenvalue weighted by Crippen LogP contribution is -2.39. The van der Waals surface area contributed by atoms with Gasteiger partial charge in [-0.05, 0) is 17.7 Å². The van der Waals surface area contributed by atoms with Crippen molar-refractivity contribution < 1.29 is 5.11 Å². The molecule has 3 aromatic rings. The largest absolute Gasteiger partial charge is 0.494 e. The quantitative estimate of drug-likeness (QED) is 0.566. The number of aromatic amines is 2. The first-order valence-corrected chi connectivity index (χ1v) is 8.59. The van der Waals surface area contributed by atoms with Crippen molar-refractivity contribution in [1.82, 2.24) is 9.97 Å². The fraction of sp³-hybridized carbons (Fsp3) is 0.200. The lowest BCUT2D eigenvalue weighted by Gasteiger charge is -2.24. The Kier molecular flexibility index (Phi) is 3.58. The van der Waals surface area contributed by atoms with Gasteiger partial charge < -0.3 is 10.0 Å². The highest BCUT2D eigenvalue weighted by Gasteiger charge is 2.39. The van der Waals surface area contributed by atoms with Crippen LogP contribution in [-0.4, -0.2) is 22.1 Å². The highest BCUT2D eigenvalue weighted by molar-refractivity contribution is 5.84. The number of aromatic hydroxyl groups is 1. The van der Waals surface area contributed by atoms with E-state index in [9.17, 15) is 24.3 Å². The Labute approximate surface area is 158 Å². The molecular weight excluding hydrogens is 362 g/mol. The molecule has 3 N–H and O–H groups in total. The zero-order valence-corrected chi connectivity index (χ0v) is 15.4. The third-order valence-electron chi connectivity index (χ3n) is 5.34. The molecule has 28 heavy (non-hydrogen) atoms. The second-order valence-electron chi connectivity index (χ2n) is 7.31. The number of fused-ring (bicyclic) bond motifs is 1.